The minimum Gasteiger partial charge on any atom is -0.482 e. The first-order chi connectivity index (χ1) is 17.3. The van der Waals surface area contributed by atoms with Crippen LogP contribution >= 0.6 is 11.6 Å². The van der Waals surface area contributed by atoms with E-state index in [-0.39, 0.29) is 24.7 Å². The molecule has 1 atom stereocenters. The number of aromatic nitrogens is 2. The van der Waals surface area contributed by atoms with Gasteiger partial charge < -0.3 is 14.6 Å². The third kappa shape index (κ3) is 5.62. The molecule has 36 heavy (non-hydrogen) atoms. The summed E-state index contributed by atoms with van der Waals surface area (Å²) >= 11 is 6.29. The molecule has 1 aliphatic heterocycles. The summed E-state index contributed by atoms with van der Waals surface area (Å²) in [5.41, 5.74) is 3.80. The zero-order chi connectivity index (χ0) is 25.8. The lowest BCUT2D eigenvalue weighted by molar-refractivity contribution is -0.139. The quantitative estimate of drug-likeness (QED) is 0.463. The highest BCUT2D eigenvalue weighted by Crippen LogP contribution is 2.41. The van der Waals surface area contributed by atoms with Crippen molar-refractivity contribution in [1.82, 2.24) is 14.7 Å². The molecule has 0 bridgehead atoms. The molecule has 2 aromatic carbocycles. The molecule has 0 saturated carbocycles. The Morgan fingerprint density at radius 3 is 2.75 bits per heavy atom. The highest BCUT2D eigenvalue weighted by Gasteiger charge is 2.35. The molecule has 0 spiro atoms. The lowest BCUT2D eigenvalue weighted by Gasteiger charge is -2.37. The van der Waals surface area contributed by atoms with Crippen LogP contribution in [0.25, 0.3) is 0 Å². The van der Waals surface area contributed by atoms with Crippen LogP contribution in [0.2, 0.25) is 5.02 Å². The Bertz CT molecular complexity index is 1280. The Kier molecular flexibility index (Phi) is 7.79. The van der Waals surface area contributed by atoms with Crippen LogP contribution < -0.4 is 4.74 Å². The summed E-state index contributed by atoms with van der Waals surface area (Å²) in [4.78, 5) is 26.0. The van der Waals surface area contributed by atoms with Crippen LogP contribution in [0.5, 0.6) is 5.75 Å². The van der Waals surface area contributed by atoms with Gasteiger partial charge in [0.25, 0.3) is 0 Å². The highest BCUT2D eigenvalue weighted by molar-refractivity contribution is 6.30. The number of rotatable bonds is 8. The number of fused-ring (bicyclic) bond motifs is 1. The van der Waals surface area contributed by atoms with Crippen molar-refractivity contribution in [3.05, 3.63) is 81.4 Å². The van der Waals surface area contributed by atoms with Crippen LogP contribution in [0.4, 0.5) is 9.18 Å². The van der Waals surface area contributed by atoms with Gasteiger partial charge in [0.1, 0.15) is 11.6 Å². The van der Waals surface area contributed by atoms with Crippen molar-refractivity contribution in [2.24, 2.45) is 0 Å². The second kappa shape index (κ2) is 11.0. The summed E-state index contributed by atoms with van der Waals surface area (Å²) in [6, 6.07) is 10.4. The Hall–Kier alpha value is -3.59. The third-order valence-electron chi connectivity index (χ3n) is 6.05. The number of carbonyl (C=O) groups excluding carboxylic acids is 1. The average molecular weight is 516 g/mol. The zero-order valence-electron chi connectivity index (χ0n) is 20.0. The minimum absolute atomic E-state index is 0.154. The third-order valence-corrected chi connectivity index (χ3v) is 6.29. The van der Waals surface area contributed by atoms with Crippen molar-refractivity contribution in [3.8, 4) is 5.75 Å². The molecule has 1 unspecified atom stereocenters. The number of benzene rings is 2. The topological polar surface area (TPSA) is 93.9 Å². The average Bonchev–Trinajstić information content (AvgIpc) is 3.21. The van der Waals surface area contributed by atoms with E-state index in [1.165, 1.54) is 12.1 Å². The number of ether oxygens (including phenoxy) is 2. The van der Waals surface area contributed by atoms with Gasteiger partial charge in [0.2, 0.25) is 0 Å². The molecule has 1 aliphatic rings. The number of amides is 1. The fourth-order valence-electron chi connectivity index (χ4n) is 4.53. The molecule has 0 aliphatic carbocycles. The second-order valence-corrected chi connectivity index (χ2v) is 8.95. The maximum Gasteiger partial charge on any atom is 0.410 e. The maximum atomic E-state index is 14.0. The van der Waals surface area contributed by atoms with Crippen molar-refractivity contribution < 1.29 is 28.6 Å². The number of halogens is 2. The number of aliphatic carboxylic acids is 1. The number of carbonyl (C=O) groups is 2. The number of hydrogen-bond acceptors (Lipinski definition) is 5. The minimum atomic E-state index is -1.14. The first-order valence-corrected chi connectivity index (χ1v) is 12.0. The Morgan fingerprint density at radius 2 is 2.00 bits per heavy atom. The first kappa shape index (κ1) is 25.5. The van der Waals surface area contributed by atoms with Gasteiger partial charge in [0.15, 0.2) is 6.61 Å². The van der Waals surface area contributed by atoms with Gasteiger partial charge in [-0.15, -0.1) is 0 Å². The second-order valence-electron chi connectivity index (χ2n) is 8.51. The van der Waals surface area contributed by atoms with E-state index in [1.807, 2.05) is 24.6 Å². The van der Waals surface area contributed by atoms with Crippen molar-refractivity contribution in [3.63, 3.8) is 0 Å². The number of carboxylic acids is 1. The maximum absolute atomic E-state index is 14.0. The van der Waals surface area contributed by atoms with E-state index < -0.39 is 24.7 Å². The zero-order valence-corrected chi connectivity index (χ0v) is 20.8. The monoisotopic (exact) mass is 515 g/mol. The van der Waals surface area contributed by atoms with E-state index in [4.69, 9.17) is 26.2 Å². The number of hydrogen-bond donors (Lipinski definition) is 1. The fraction of sp³-hybridized carbons (Fsp3) is 0.346. The van der Waals surface area contributed by atoms with E-state index in [1.54, 1.807) is 29.2 Å². The van der Waals surface area contributed by atoms with Crippen LogP contribution in [-0.2, 0) is 28.9 Å². The van der Waals surface area contributed by atoms with Gasteiger partial charge in [-0.25, -0.2) is 14.0 Å². The molecular weight excluding hydrogens is 489 g/mol. The number of carboxylic acid groups (broad SMARTS) is 1. The van der Waals surface area contributed by atoms with Gasteiger partial charge in [-0.05, 0) is 67.8 Å². The predicted molar refractivity (Wildman–Crippen MR) is 131 cm³/mol. The molecule has 0 radical (unpaired) electrons. The molecule has 0 saturated heterocycles. The Labute approximate surface area is 213 Å². The molecule has 1 amide bonds. The number of aryl methyl sites for hydroxylation is 2. The van der Waals surface area contributed by atoms with Gasteiger partial charge in [0.05, 0.1) is 18.3 Å². The summed E-state index contributed by atoms with van der Waals surface area (Å²) in [5.74, 6) is -1.25. The molecule has 8 nitrogen and oxygen atoms in total. The molecule has 190 valence electrons. The molecule has 1 N–H and O–H groups in total. The molecule has 3 aromatic rings. The van der Waals surface area contributed by atoms with Crippen LogP contribution in [0.15, 0.2) is 42.5 Å². The molecular formula is C26H27ClFN3O5. The summed E-state index contributed by atoms with van der Waals surface area (Å²) in [7, 11) is 0. The van der Waals surface area contributed by atoms with E-state index in [0.717, 1.165) is 17.0 Å². The van der Waals surface area contributed by atoms with Crippen LogP contribution in [0.1, 0.15) is 41.0 Å². The fourth-order valence-corrected chi connectivity index (χ4v) is 4.71. The SMILES string of the molecule is CCn1nc(C)cc1CCOC(=O)N1CCc2cc(F)ccc2C1c1cc(Cl)ccc1OCC(=O)O. The van der Waals surface area contributed by atoms with Crippen LogP contribution in [0.3, 0.4) is 0 Å². The standard InChI is InChI=1S/C26H27ClFN3O5/c1-3-31-20(12-16(2)29-31)9-11-35-26(34)30-10-8-17-13-19(28)5-6-21(17)25(30)22-14-18(27)4-7-23(22)36-15-24(32)33/h4-7,12-14,25H,3,8-11,15H2,1-2H3,(H,32,33). The van der Waals surface area contributed by atoms with Crippen LogP contribution in [-0.4, -0.2) is 51.6 Å². The van der Waals surface area contributed by atoms with Crippen LogP contribution in [0, 0.1) is 12.7 Å². The summed E-state index contributed by atoms with van der Waals surface area (Å²) in [6.45, 7) is 4.49. The van der Waals surface area contributed by atoms with Gasteiger partial charge in [-0.3, -0.25) is 9.58 Å². The van der Waals surface area contributed by atoms with Crippen molar-refractivity contribution in [1.29, 1.82) is 0 Å². The Balaban J connectivity index is 1.63. The van der Waals surface area contributed by atoms with Crippen molar-refractivity contribution in [2.45, 2.75) is 39.3 Å². The van der Waals surface area contributed by atoms with Gasteiger partial charge in [-0.1, -0.05) is 17.7 Å². The summed E-state index contributed by atoms with van der Waals surface area (Å²) < 4.78 is 27.0. The van der Waals surface area contributed by atoms with Crippen molar-refractivity contribution in [2.75, 3.05) is 19.8 Å². The largest absolute Gasteiger partial charge is 0.482 e. The van der Waals surface area contributed by atoms with E-state index >= 15 is 0 Å². The molecule has 1 aromatic heterocycles. The molecule has 0 fully saturated rings. The molecule has 10 heteroatoms. The first-order valence-electron chi connectivity index (χ1n) is 11.7. The van der Waals surface area contributed by atoms with E-state index in [2.05, 4.69) is 5.10 Å². The van der Waals surface area contributed by atoms with Gasteiger partial charge in [-0.2, -0.15) is 5.10 Å². The smallest absolute Gasteiger partial charge is 0.410 e. The molecule has 2 heterocycles. The predicted octanol–water partition coefficient (Wildman–Crippen LogP) is 4.79. The highest BCUT2D eigenvalue weighted by atomic mass is 35.5. The van der Waals surface area contributed by atoms with Gasteiger partial charge >= 0.3 is 12.1 Å². The lowest BCUT2D eigenvalue weighted by Crippen LogP contribution is -2.41. The Morgan fingerprint density at radius 1 is 1.19 bits per heavy atom. The summed E-state index contributed by atoms with van der Waals surface area (Å²) in [5, 5.41) is 13.9. The van der Waals surface area contributed by atoms with E-state index in [9.17, 15) is 14.0 Å². The number of nitrogens with zero attached hydrogens (tertiary/aromatic N) is 3. The summed E-state index contributed by atoms with van der Waals surface area (Å²) in [6.07, 6.45) is 0.399. The lowest BCUT2D eigenvalue weighted by atomic mass is 9.88. The van der Waals surface area contributed by atoms with Crippen molar-refractivity contribution >= 4 is 23.7 Å². The van der Waals surface area contributed by atoms with Gasteiger partial charge in [0, 0.05) is 35.8 Å². The molecule has 4 rings (SSSR count). The normalized spacial score (nSPS) is 14.9. The van der Waals surface area contributed by atoms with E-state index in [0.29, 0.717) is 35.5 Å².